The van der Waals surface area contributed by atoms with Crippen LogP contribution in [0.15, 0.2) is 30.3 Å². The summed E-state index contributed by atoms with van der Waals surface area (Å²) < 4.78 is 0. The van der Waals surface area contributed by atoms with E-state index >= 15 is 0 Å². The van der Waals surface area contributed by atoms with Gasteiger partial charge in [0.05, 0.1) is 5.92 Å². The van der Waals surface area contributed by atoms with Crippen LogP contribution in [0.2, 0.25) is 0 Å². The molecule has 4 atom stereocenters. The Morgan fingerprint density at radius 3 is 2.52 bits per heavy atom. The highest BCUT2D eigenvalue weighted by Gasteiger charge is 2.38. The van der Waals surface area contributed by atoms with Gasteiger partial charge >= 0.3 is 0 Å². The lowest BCUT2D eigenvalue weighted by Gasteiger charge is -2.35. The minimum atomic E-state index is -0.0847. The molecule has 0 spiro atoms. The molecule has 0 radical (unpaired) electrons. The van der Waals surface area contributed by atoms with E-state index in [1.54, 1.807) is 0 Å². The number of nitrogens with zero attached hydrogens (tertiary/aromatic N) is 2. The van der Waals surface area contributed by atoms with Crippen molar-refractivity contribution in [2.75, 3.05) is 26.2 Å². The smallest absolute Gasteiger partial charge is 0.227 e. The summed E-state index contributed by atoms with van der Waals surface area (Å²) in [5.74, 6) is 0.498. The van der Waals surface area contributed by atoms with Crippen LogP contribution in [0.25, 0.3) is 0 Å². The quantitative estimate of drug-likeness (QED) is 0.855. The highest BCUT2D eigenvalue weighted by molar-refractivity contribution is 5.85. The van der Waals surface area contributed by atoms with Crippen molar-refractivity contribution < 1.29 is 9.59 Å². The zero-order valence-electron chi connectivity index (χ0n) is 16.3. The van der Waals surface area contributed by atoms with E-state index in [0.717, 1.165) is 25.8 Å². The van der Waals surface area contributed by atoms with E-state index in [1.807, 2.05) is 41.8 Å². The van der Waals surface area contributed by atoms with Gasteiger partial charge in [-0.05, 0) is 24.8 Å². The molecule has 2 saturated heterocycles. The Bertz CT molecular complexity index is 640. The lowest BCUT2D eigenvalue weighted by molar-refractivity contribution is -0.142. The molecule has 2 aliphatic rings. The van der Waals surface area contributed by atoms with E-state index in [0.29, 0.717) is 19.6 Å². The summed E-state index contributed by atoms with van der Waals surface area (Å²) in [7, 11) is 0. The van der Waals surface area contributed by atoms with Crippen LogP contribution in [-0.2, 0) is 9.59 Å². The van der Waals surface area contributed by atoms with Gasteiger partial charge in [-0.25, -0.2) is 0 Å². The molecular formula is C21H32ClN3O2. The van der Waals surface area contributed by atoms with Gasteiger partial charge in [0.1, 0.15) is 0 Å². The molecule has 2 N–H and O–H groups in total. The molecule has 2 aliphatic heterocycles. The van der Waals surface area contributed by atoms with Gasteiger partial charge in [0.25, 0.3) is 0 Å². The second-order valence-corrected chi connectivity index (χ2v) is 7.86. The number of piperidine rings is 1. The van der Waals surface area contributed by atoms with Gasteiger partial charge in [-0.15, -0.1) is 12.4 Å². The zero-order chi connectivity index (χ0) is 18.7. The van der Waals surface area contributed by atoms with Crippen LogP contribution in [0.3, 0.4) is 0 Å². The van der Waals surface area contributed by atoms with Crippen molar-refractivity contribution in [3.63, 3.8) is 0 Å². The molecule has 2 heterocycles. The maximum absolute atomic E-state index is 13.1. The summed E-state index contributed by atoms with van der Waals surface area (Å²) in [5, 5.41) is 0. The summed E-state index contributed by atoms with van der Waals surface area (Å²) in [6.07, 6.45) is 2.61. The second kappa shape index (κ2) is 9.56. The average molecular weight is 394 g/mol. The van der Waals surface area contributed by atoms with Crippen LogP contribution in [0.5, 0.6) is 0 Å². The number of halogens is 1. The molecule has 2 fully saturated rings. The number of amides is 2. The molecule has 27 heavy (non-hydrogen) atoms. The first-order valence-electron chi connectivity index (χ1n) is 9.89. The third-order valence-corrected chi connectivity index (χ3v) is 6.02. The predicted octanol–water partition coefficient (Wildman–Crippen LogP) is 2.65. The minimum absolute atomic E-state index is 0. The van der Waals surface area contributed by atoms with Crippen LogP contribution in [0.1, 0.15) is 44.6 Å². The van der Waals surface area contributed by atoms with E-state index in [2.05, 4.69) is 12.1 Å². The van der Waals surface area contributed by atoms with Gasteiger partial charge in [-0.1, -0.05) is 44.2 Å². The number of nitrogens with two attached hydrogens (primary N) is 1. The van der Waals surface area contributed by atoms with Gasteiger partial charge in [0, 0.05) is 44.1 Å². The molecule has 3 rings (SSSR count). The highest BCUT2D eigenvalue weighted by Crippen LogP contribution is 2.29. The summed E-state index contributed by atoms with van der Waals surface area (Å²) in [6, 6.07) is 10.2. The molecule has 5 nitrogen and oxygen atoms in total. The van der Waals surface area contributed by atoms with Crippen molar-refractivity contribution >= 4 is 24.2 Å². The number of rotatable bonds is 4. The molecule has 0 saturated carbocycles. The third-order valence-electron chi connectivity index (χ3n) is 6.02. The molecule has 0 aliphatic carbocycles. The summed E-state index contributed by atoms with van der Waals surface area (Å²) in [4.78, 5) is 29.4. The SMILES string of the molecule is CCC(C)C(=O)N1CCCC(C(=O)N2C[C@@H](N)[C@H](c3ccccc3)C2)C1.Cl. The lowest BCUT2D eigenvalue weighted by Crippen LogP contribution is -2.47. The maximum Gasteiger partial charge on any atom is 0.227 e. The van der Waals surface area contributed by atoms with Gasteiger partial charge in [-0.2, -0.15) is 0 Å². The molecule has 0 bridgehead atoms. The lowest BCUT2D eigenvalue weighted by atomic mass is 9.94. The van der Waals surface area contributed by atoms with Gasteiger partial charge in [0.2, 0.25) is 11.8 Å². The van der Waals surface area contributed by atoms with Gasteiger partial charge in [-0.3, -0.25) is 9.59 Å². The largest absolute Gasteiger partial charge is 0.342 e. The Labute approximate surface area is 168 Å². The number of carbonyl (C=O) groups excluding carboxylic acids is 2. The summed E-state index contributed by atoms with van der Waals surface area (Å²) in [6.45, 7) is 6.62. The number of likely N-dealkylation sites (tertiary alicyclic amines) is 2. The van der Waals surface area contributed by atoms with Crippen molar-refractivity contribution in [1.29, 1.82) is 0 Å². The van der Waals surface area contributed by atoms with E-state index in [1.165, 1.54) is 5.56 Å². The van der Waals surface area contributed by atoms with Crippen molar-refractivity contribution in [3.8, 4) is 0 Å². The molecular weight excluding hydrogens is 362 g/mol. The van der Waals surface area contributed by atoms with Crippen LogP contribution in [-0.4, -0.2) is 53.8 Å². The number of hydrogen-bond donors (Lipinski definition) is 1. The van der Waals surface area contributed by atoms with E-state index in [9.17, 15) is 9.59 Å². The summed E-state index contributed by atoms with van der Waals surface area (Å²) >= 11 is 0. The van der Waals surface area contributed by atoms with Crippen LogP contribution < -0.4 is 5.73 Å². The van der Waals surface area contributed by atoms with Crippen molar-refractivity contribution in [2.45, 2.75) is 45.1 Å². The normalized spacial score (nSPS) is 26.4. The molecule has 6 heteroatoms. The first-order chi connectivity index (χ1) is 12.5. The Morgan fingerprint density at radius 1 is 1.15 bits per heavy atom. The van der Waals surface area contributed by atoms with Gasteiger partial charge < -0.3 is 15.5 Å². The maximum atomic E-state index is 13.1. The standard InChI is InChI=1S/C21H31N3O2.ClH/c1-3-15(2)20(25)23-11-7-10-17(12-23)21(26)24-13-18(19(22)14-24)16-8-5-4-6-9-16;/h4-6,8-9,15,17-19H,3,7,10-14,22H2,1-2H3;1H/t15?,17?,18-,19+;/m0./s1. The van der Waals surface area contributed by atoms with Crippen LogP contribution in [0, 0.1) is 11.8 Å². The molecule has 1 aromatic carbocycles. The van der Waals surface area contributed by atoms with Crippen molar-refractivity contribution in [2.24, 2.45) is 17.6 Å². The number of carbonyl (C=O) groups is 2. The predicted molar refractivity (Wildman–Crippen MR) is 110 cm³/mol. The Balaban J connectivity index is 0.00000261. The number of hydrogen-bond acceptors (Lipinski definition) is 3. The van der Waals surface area contributed by atoms with Crippen LogP contribution >= 0.6 is 12.4 Å². The topological polar surface area (TPSA) is 66.6 Å². The highest BCUT2D eigenvalue weighted by atomic mass is 35.5. The molecule has 2 amide bonds. The van der Waals surface area contributed by atoms with Crippen LogP contribution in [0.4, 0.5) is 0 Å². The fraction of sp³-hybridized carbons (Fsp3) is 0.619. The Kier molecular flexibility index (Phi) is 7.68. The summed E-state index contributed by atoms with van der Waals surface area (Å²) in [5.41, 5.74) is 7.55. The van der Waals surface area contributed by atoms with E-state index in [-0.39, 0.29) is 48.0 Å². The van der Waals surface area contributed by atoms with Gasteiger partial charge in [0.15, 0.2) is 0 Å². The number of benzene rings is 1. The molecule has 1 aromatic rings. The van der Waals surface area contributed by atoms with E-state index < -0.39 is 0 Å². The molecule has 0 aromatic heterocycles. The van der Waals surface area contributed by atoms with Crippen molar-refractivity contribution in [3.05, 3.63) is 35.9 Å². The van der Waals surface area contributed by atoms with E-state index in [4.69, 9.17) is 5.73 Å². The third kappa shape index (κ3) is 4.82. The first-order valence-corrected chi connectivity index (χ1v) is 9.89. The average Bonchev–Trinajstić information content (AvgIpc) is 3.08. The fourth-order valence-corrected chi connectivity index (χ4v) is 4.19. The Morgan fingerprint density at radius 2 is 1.85 bits per heavy atom. The molecule has 150 valence electrons. The zero-order valence-corrected chi connectivity index (χ0v) is 17.2. The Hall–Kier alpha value is -1.59. The monoisotopic (exact) mass is 393 g/mol. The fourth-order valence-electron chi connectivity index (χ4n) is 4.19. The first kappa shape index (κ1) is 21.7. The van der Waals surface area contributed by atoms with Crippen molar-refractivity contribution in [1.82, 2.24) is 9.80 Å². The second-order valence-electron chi connectivity index (χ2n) is 7.86. The molecule has 2 unspecified atom stereocenters. The minimum Gasteiger partial charge on any atom is -0.342 e.